The average molecular weight is 472 g/mol. The summed E-state index contributed by atoms with van der Waals surface area (Å²) in [6.45, 7) is 2.77. The summed E-state index contributed by atoms with van der Waals surface area (Å²) >= 11 is 0. The van der Waals surface area contributed by atoms with Gasteiger partial charge in [-0.25, -0.2) is 9.67 Å². The Labute approximate surface area is 212 Å². The van der Waals surface area contributed by atoms with Crippen molar-refractivity contribution in [3.05, 3.63) is 144 Å². The highest BCUT2D eigenvalue weighted by atomic mass is 15.3. The number of hydrogen-bond donors (Lipinski definition) is 0. The Bertz CT molecular complexity index is 1400. The number of rotatable bonds is 8. The van der Waals surface area contributed by atoms with Crippen molar-refractivity contribution in [3.8, 4) is 5.69 Å². The Hall–Kier alpha value is -4.38. The lowest BCUT2D eigenvalue weighted by atomic mass is 10.1. The predicted octanol–water partition coefficient (Wildman–Crippen LogP) is 5.46. The van der Waals surface area contributed by atoms with Gasteiger partial charge >= 0.3 is 0 Å². The van der Waals surface area contributed by atoms with Crippen molar-refractivity contribution in [2.75, 3.05) is 19.8 Å². The van der Waals surface area contributed by atoms with Crippen LogP contribution in [-0.2, 0) is 12.8 Å². The fourth-order valence-corrected chi connectivity index (χ4v) is 4.76. The third-order valence-electron chi connectivity index (χ3n) is 6.72. The lowest BCUT2D eigenvalue weighted by Crippen LogP contribution is -2.40. The summed E-state index contributed by atoms with van der Waals surface area (Å²) in [4.78, 5) is 9.90. The molecule has 0 bridgehead atoms. The molecule has 2 aliphatic rings. The standard InChI is InChI=1S/C31H29N5/c1-4-10-25(11-5-1)16-18-34-23-30-31(35(24-34)19-17-26-12-6-2-7-13-26)20-29(33-30)27-21-32-36(22-27)28-14-8-3-9-15-28/h1-15,20-23H,16-19,24H2. The molecule has 5 heteroatoms. The van der Waals surface area contributed by atoms with E-state index in [0.29, 0.717) is 0 Å². The van der Waals surface area contributed by atoms with Crippen molar-refractivity contribution in [3.63, 3.8) is 0 Å². The van der Waals surface area contributed by atoms with Gasteiger partial charge in [-0.15, -0.1) is 0 Å². The van der Waals surface area contributed by atoms with E-state index in [1.54, 1.807) is 0 Å². The minimum Gasteiger partial charge on any atom is -0.358 e. The predicted molar refractivity (Wildman–Crippen MR) is 145 cm³/mol. The molecule has 2 aliphatic heterocycles. The molecule has 4 aromatic rings. The summed E-state index contributed by atoms with van der Waals surface area (Å²) in [5.74, 6) is 0. The topological polar surface area (TPSA) is 36.7 Å². The van der Waals surface area contributed by atoms with E-state index in [-0.39, 0.29) is 0 Å². The molecule has 0 fully saturated rings. The molecule has 1 aromatic heterocycles. The van der Waals surface area contributed by atoms with E-state index >= 15 is 0 Å². The molecule has 0 amide bonds. The molecule has 0 aliphatic carbocycles. The van der Waals surface area contributed by atoms with Crippen molar-refractivity contribution in [2.24, 2.45) is 4.99 Å². The maximum absolute atomic E-state index is 5.05. The first-order valence-electron chi connectivity index (χ1n) is 12.5. The Kier molecular flexibility index (Phi) is 6.19. The number of benzene rings is 3. The summed E-state index contributed by atoms with van der Waals surface area (Å²) in [5, 5.41) is 4.58. The van der Waals surface area contributed by atoms with Gasteiger partial charge in [0.1, 0.15) is 5.70 Å². The lowest BCUT2D eigenvalue weighted by Gasteiger charge is -2.36. The first kappa shape index (κ1) is 22.1. The van der Waals surface area contributed by atoms with Gasteiger partial charge in [-0.1, -0.05) is 78.9 Å². The van der Waals surface area contributed by atoms with Crippen molar-refractivity contribution < 1.29 is 0 Å². The van der Waals surface area contributed by atoms with Gasteiger partial charge in [0, 0.05) is 31.0 Å². The van der Waals surface area contributed by atoms with Crippen molar-refractivity contribution in [2.45, 2.75) is 12.8 Å². The molecule has 0 spiro atoms. The number of aliphatic imine (C=N–C) groups is 1. The van der Waals surface area contributed by atoms with E-state index in [2.05, 4.69) is 106 Å². The Balaban J connectivity index is 1.25. The largest absolute Gasteiger partial charge is 0.358 e. The summed E-state index contributed by atoms with van der Waals surface area (Å²) in [6.07, 6.45) is 10.4. The van der Waals surface area contributed by atoms with Crippen LogP contribution in [0, 0.1) is 0 Å². The molecule has 0 N–H and O–H groups in total. The van der Waals surface area contributed by atoms with Crippen LogP contribution < -0.4 is 0 Å². The van der Waals surface area contributed by atoms with E-state index in [0.717, 1.165) is 55.3 Å². The maximum atomic E-state index is 5.05. The molecule has 3 heterocycles. The van der Waals surface area contributed by atoms with E-state index in [1.165, 1.54) is 16.8 Å². The van der Waals surface area contributed by atoms with Gasteiger partial charge in [0.25, 0.3) is 0 Å². The first-order valence-corrected chi connectivity index (χ1v) is 12.5. The zero-order valence-electron chi connectivity index (χ0n) is 20.2. The third-order valence-corrected chi connectivity index (χ3v) is 6.72. The number of fused-ring (bicyclic) bond motifs is 1. The minimum atomic E-state index is 0.862. The number of allylic oxidation sites excluding steroid dienone is 1. The number of nitrogens with zero attached hydrogens (tertiary/aromatic N) is 5. The highest BCUT2D eigenvalue weighted by molar-refractivity contribution is 6.11. The smallest absolute Gasteiger partial charge is 0.103 e. The van der Waals surface area contributed by atoms with E-state index in [1.807, 2.05) is 29.1 Å². The number of aromatic nitrogens is 2. The molecule has 0 radical (unpaired) electrons. The van der Waals surface area contributed by atoms with Gasteiger partial charge in [-0.05, 0) is 42.2 Å². The summed E-state index contributed by atoms with van der Waals surface area (Å²) in [7, 11) is 0. The molecule has 0 unspecified atom stereocenters. The summed E-state index contributed by atoms with van der Waals surface area (Å²) < 4.78 is 1.91. The van der Waals surface area contributed by atoms with Gasteiger partial charge in [0.2, 0.25) is 0 Å². The monoisotopic (exact) mass is 471 g/mol. The van der Waals surface area contributed by atoms with Crippen LogP contribution in [0.25, 0.3) is 5.69 Å². The number of hydrogen-bond acceptors (Lipinski definition) is 4. The molecular formula is C31H29N5. The quantitative estimate of drug-likeness (QED) is 0.342. The molecule has 0 atom stereocenters. The molecule has 178 valence electrons. The highest BCUT2D eigenvalue weighted by Gasteiger charge is 2.27. The van der Waals surface area contributed by atoms with Crippen LogP contribution in [0.15, 0.2) is 132 Å². The Morgan fingerprint density at radius 1 is 0.722 bits per heavy atom. The molecule has 36 heavy (non-hydrogen) atoms. The van der Waals surface area contributed by atoms with Crippen LogP contribution in [0.1, 0.15) is 16.7 Å². The highest BCUT2D eigenvalue weighted by Crippen LogP contribution is 2.30. The van der Waals surface area contributed by atoms with Crippen LogP contribution in [0.4, 0.5) is 0 Å². The molecule has 6 rings (SSSR count). The zero-order valence-corrected chi connectivity index (χ0v) is 20.2. The van der Waals surface area contributed by atoms with Gasteiger partial charge < -0.3 is 9.80 Å². The molecule has 5 nitrogen and oxygen atoms in total. The van der Waals surface area contributed by atoms with Gasteiger partial charge in [-0.2, -0.15) is 5.10 Å². The molecule has 0 saturated heterocycles. The van der Waals surface area contributed by atoms with Gasteiger partial charge in [-0.3, -0.25) is 0 Å². The van der Waals surface area contributed by atoms with Crippen molar-refractivity contribution in [1.82, 2.24) is 19.6 Å². The fraction of sp³-hybridized carbons (Fsp3) is 0.161. The van der Waals surface area contributed by atoms with E-state index in [4.69, 9.17) is 4.99 Å². The van der Waals surface area contributed by atoms with Crippen LogP contribution in [0.5, 0.6) is 0 Å². The van der Waals surface area contributed by atoms with E-state index in [9.17, 15) is 0 Å². The summed E-state index contributed by atoms with van der Waals surface area (Å²) in [5.41, 5.74) is 7.98. The average Bonchev–Trinajstić information content (AvgIpc) is 3.60. The fourth-order valence-electron chi connectivity index (χ4n) is 4.76. The van der Waals surface area contributed by atoms with Crippen molar-refractivity contribution in [1.29, 1.82) is 0 Å². The minimum absolute atomic E-state index is 0.862. The Morgan fingerprint density at radius 3 is 2.06 bits per heavy atom. The first-order chi connectivity index (χ1) is 17.8. The lowest BCUT2D eigenvalue weighted by molar-refractivity contribution is 0.199. The second kappa shape index (κ2) is 10.1. The normalized spacial score (nSPS) is 14.8. The van der Waals surface area contributed by atoms with Crippen molar-refractivity contribution >= 4 is 5.71 Å². The third kappa shape index (κ3) is 4.86. The zero-order chi connectivity index (χ0) is 24.2. The molecule has 0 saturated carbocycles. The number of para-hydroxylation sites is 1. The van der Waals surface area contributed by atoms with Crippen LogP contribution >= 0.6 is 0 Å². The SMILES string of the molecule is C1=C2N=C(c3cnn(-c4ccccc4)c3)C=C2N(CCc2ccccc2)CN1CCc1ccccc1. The van der Waals surface area contributed by atoms with Gasteiger partial charge in [0.05, 0.1) is 30.0 Å². The van der Waals surface area contributed by atoms with Crippen LogP contribution in [0.2, 0.25) is 0 Å². The summed E-state index contributed by atoms with van der Waals surface area (Å²) in [6, 6.07) is 31.6. The second-order valence-electron chi connectivity index (χ2n) is 9.24. The van der Waals surface area contributed by atoms with Crippen LogP contribution in [0.3, 0.4) is 0 Å². The second-order valence-corrected chi connectivity index (χ2v) is 9.24. The maximum Gasteiger partial charge on any atom is 0.103 e. The van der Waals surface area contributed by atoms with Gasteiger partial charge in [0.15, 0.2) is 0 Å². The van der Waals surface area contributed by atoms with Crippen LogP contribution in [-0.4, -0.2) is 45.1 Å². The van der Waals surface area contributed by atoms with E-state index < -0.39 is 0 Å². The molecule has 3 aromatic carbocycles. The molecular weight excluding hydrogens is 442 g/mol. The Morgan fingerprint density at radius 2 is 1.36 bits per heavy atom.